The van der Waals surface area contributed by atoms with Gasteiger partial charge >= 0.3 is 5.97 Å². The van der Waals surface area contributed by atoms with Gasteiger partial charge in [-0.3, -0.25) is 4.79 Å². The summed E-state index contributed by atoms with van der Waals surface area (Å²) in [5, 5.41) is 13.5. The van der Waals surface area contributed by atoms with E-state index in [4.69, 9.17) is 4.74 Å². The maximum atomic E-state index is 11.6. The van der Waals surface area contributed by atoms with E-state index in [1.54, 1.807) is 6.92 Å². The molecule has 1 aliphatic rings. The fourth-order valence-corrected chi connectivity index (χ4v) is 2.34. The van der Waals surface area contributed by atoms with Gasteiger partial charge in [0, 0.05) is 6.54 Å². The molecule has 0 aliphatic heterocycles. The second-order valence-corrected chi connectivity index (χ2v) is 4.88. The van der Waals surface area contributed by atoms with Crippen LogP contribution in [0.3, 0.4) is 0 Å². The van der Waals surface area contributed by atoms with Crippen LogP contribution in [0.2, 0.25) is 0 Å². The highest BCUT2D eigenvalue weighted by Crippen LogP contribution is 2.27. The molecule has 0 aromatic rings. The van der Waals surface area contributed by atoms with Gasteiger partial charge in [0.2, 0.25) is 0 Å². The molecule has 0 radical (unpaired) electrons. The van der Waals surface area contributed by atoms with Crippen LogP contribution >= 0.6 is 0 Å². The number of hydrogen-bond acceptors (Lipinski definition) is 4. The zero-order valence-electron chi connectivity index (χ0n) is 11.0. The van der Waals surface area contributed by atoms with Crippen LogP contribution < -0.4 is 5.32 Å². The molecule has 4 nitrogen and oxygen atoms in total. The Morgan fingerprint density at radius 3 is 2.53 bits per heavy atom. The van der Waals surface area contributed by atoms with Crippen molar-refractivity contribution in [2.75, 3.05) is 13.2 Å². The smallest absolute Gasteiger partial charge is 0.323 e. The molecule has 0 heterocycles. The van der Waals surface area contributed by atoms with Gasteiger partial charge in [-0.2, -0.15) is 0 Å². The largest absolute Gasteiger partial charge is 0.465 e. The second-order valence-electron chi connectivity index (χ2n) is 4.88. The summed E-state index contributed by atoms with van der Waals surface area (Å²) < 4.78 is 4.98. The van der Waals surface area contributed by atoms with Crippen molar-refractivity contribution < 1.29 is 14.6 Å². The summed E-state index contributed by atoms with van der Waals surface area (Å²) in [4.78, 5) is 11.6. The molecule has 1 fully saturated rings. The van der Waals surface area contributed by atoms with Gasteiger partial charge < -0.3 is 15.2 Å². The van der Waals surface area contributed by atoms with E-state index in [1.807, 2.05) is 6.92 Å². The average Bonchev–Trinajstić information content (AvgIpc) is 2.31. The zero-order valence-corrected chi connectivity index (χ0v) is 11.0. The molecule has 0 aromatic heterocycles. The van der Waals surface area contributed by atoms with Crippen LogP contribution in [0.5, 0.6) is 0 Å². The first-order valence-corrected chi connectivity index (χ1v) is 6.73. The van der Waals surface area contributed by atoms with Crippen LogP contribution in [-0.4, -0.2) is 35.9 Å². The van der Waals surface area contributed by atoms with Crippen LogP contribution in [0.4, 0.5) is 0 Å². The molecule has 17 heavy (non-hydrogen) atoms. The average molecular weight is 243 g/mol. The van der Waals surface area contributed by atoms with Crippen molar-refractivity contribution in [3.05, 3.63) is 0 Å². The van der Waals surface area contributed by atoms with Gasteiger partial charge in [0.05, 0.1) is 12.2 Å². The summed E-state index contributed by atoms with van der Waals surface area (Å²) in [6.07, 6.45) is 5.72. The van der Waals surface area contributed by atoms with Crippen molar-refractivity contribution in [2.24, 2.45) is 0 Å². The number of carbonyl (C=O) groups excluding carboxylic acids is 1. The first kappa shape index (κ1) is 14.5. The number of esters is 1. The van der Waals surface area contributed by atoms with Gasteiger partial charge in [0.1, 0.15) is 6.04 Å². The number of hydrogen-bond donors (Lipinski definition) is 2. The molecule has 0 spiro atoms. The second kappa shape index (κ2) is 6.97. The summed E-state index contributed by atoms with van der Waals surface area (Å²) in [6.45, 7) is 4.64. The fourth-order valence-electron chi connectivity index (χ4n) is 2.34. The molecule has 0 amide bonds. The highest BCUT2D eigenvalue weighted by molar-refractivity contribution is 5.75. The standard InChI is InChI=1S/C13H25NO3/c1-3-11(12(15)17-4-2)14-10-13(16)8-6-5-7-9-13/h11,14,16H,3-10H2,1-2H3. The molecular formula is C13H25NO3. The van der Waals surface area contributed by atoms with E-state index in [9.17, 15) is 9.90 Å². The summed E-state index contributed by atoms with van der Waals surface area (Å²) in [5.74, 6) is -0.214. The highest BCUT2D eigenvalue weighted by Gasteiger charge is 2.30. The van der Waals surface area contributed by atoms with Crippen molar-refractivity contribution >= 4 is 5.97 Å². The van der Waals surface area contributed by atoms with Crippen LogP contribution in [0, 0.1) is 0 Å². The molecular weight excluding hydrogens is 218 g/mol. The fraction of sp³-hybridized carbons (Fsp3) is 0.923. The molecule has 0 aromatic carbocycles. The maximum absolute atomic E-state index is 11.6. The quantitative estimate of drug-likeness (QED) is 0.696. The first-order valence-electron chi connectivity index (χ1n) is 6.73. The lowest BCUT2D eigenvalue weighted by atomic mass is 9.84. The van der Waals surface area contributed by atoms with E-state index in [1.165, 1.54) is 6.42 Å². The van der Waals surface area contributed by atoms with Crippen LogP contribution in [0.1, 0.15) is 52.4 Å². The molecule has 4 heteroatoms. The van der Waals surface area contributed by atoms with E-state index >= 15 is 0 Å². The summed E-state index contributed by atoms with van der Waals surface area (Å²) in [6, 6.07) is -0.291. The first-order chi connectivity index (χ1) is 8.11. The minimum Gasteiger partial charge on any atom is -0.465 e. The Labute approximate surface area is 104 Å². The number of nitrogens with one attached hydrogen (secondary N) is 1. The predicted octanol–water partition coefficient (Wildman–Crippen LogP) is 1.61. The monoisotopic (exact) mass is 243 g/mol. The molecule has 1 unspecified atom stereocenters. The number of rotatable bonds is 6. The molecule has 1 atom stereocenters. The Bertz CT molecular complexity index is 237. The molecule has 0 saturated heterocycles. The Morgan fingerprint density at radius 2 is 2.00 bits per heavy atom. The minimum absolute atomic E-state index is 0.214. The van der Waals surface area contributed by atoms with Crippen molar-refractivity contribution in [3.63, 3.8) is 0 Å². The molecule has 1 saturated carbocycles. The van der Waals surface area contributed by atoms with E-state index in [2.05, 4.69) is 5.32 Å². The van der Waals surface area contributed by atoms with Gasteiger partial charge in [-0.25, -0.2) is 0 Å². The summed E-state index contributed by atoms with van der Waals surface area (Å²) in [5.41, 5.74) is -0.627. The third kappa shape index (κ3) is 4.64. The number of carbonyl (C=O) groups is 1. The molecule has 0 bridgehead atoms. The van der Waals surface area contributed by atoms with Crippen LogP contribution in [0.15, 0.2) is 0 Å². The number of aliphatic hydroxyl groups is 1. The van der Waals surface area contributed by atoms with E-state index in [0.29, 0.717) is 19.6 Å². The Hall–Kier alpha value is -0.610. The summed E-state index contributed by atoms with van der Waals surface area (Å²) >= 11 is 0. The molecule has 2 N–H and O–H groups in total. The number of ether oxygens (including phenoxy) is 1. The molecule has 1 rings (SSSR count). The molecule has 100 valence electrons. The van der Waals surface area contributed by atoms with E-state index in [-0.39, 0.29) is 12.0 Å². The topological polar surface area (TPSA) is 58.6 Å². The Morgan fingerprint density at radius 1 is 1.35 bits per heavy atom. The zero-order chi connectivity index (χ0) is 12.7. The lowest BCUT2D eigenvalue weighted by molar-refractivity contribution is -0.146. The Balaban J connectivity index is 2.38. The van der Waals surface area contributed by atoms with E-state index in [0.717, 1.165) is 25.7 Å². The van der Waals surface area contributed by atoms with Gasteiger partial charge in [0.25, 0.3) is 0 Å². The van der Waals surface area contributed by atoms with Gasteiger partial charge in [-0.05, 0) is 26.2 Å². The van der Waals surface area contributed by atoms with Crippen molar-refractivity contribution in [1.29, 1.82) is 0 Å². The Kier molecular flexibility index (Phi) is 5.92. The highest BCUT2D eigenvalue weighted by atomic mass is 16.5. The van der Waals surface area contributed by atoms with Gasteiger partial charge in [0.15, 0.2) is 0 Å². The van der Waals surface area contributed by atoms with Crippen LogP contribution in [0.25, 0.3) is 0 Å². The lowest BCUT2D eigenvalue weighted by Crippen LogP contribution is -2.48. The van der Waals surface area contributed by atoms with Gasteiger partial charge in [-0.15, -0.1) is 0 Å². The third-order valence-electron chi connectivity index (χ3n) is 3.44. The van der Waals surface area contributed by atoms with Crippen molar-refractivity contribution in [2.45, 2.75) is 64.0 Å². The van der Waals surface area contributed by atoms with Crippen molar-refractivity contribution in [3.8, 4) is 0 Å². The maximum Gasteiger partial charge on any atom is 0.323 e. The summed E-state index contributed by atoms with van der Waals surface area (Å²) in [7, 11) is 0. The predicted molar refractivity (Wildman–Crippen MR) is 66.7 cm³/mol. The van der Waals surface area contributed by atoms with Crippen LogP contribution in [-0.2, 0) is 9.53 Å². The van der Waals surface area contributed by atoms with E-state index < -0.39 is 5.60 Å². The minimum atomic E-state index is -0.627. The lowest BCUT2D eigenvalue weighted by Gasteiger charge is -2.33. The molecule has 1 aliphatic carbocycles. The SMILES string of the molecule is CCOC(=O)C(CC)NCC1(O)CCCCC1. The van der Waals surface area contributed by atoms with Gasteiger partial charge in [-0.1, -0.05) is 26.2 Å². The normalized spacial score (nSPS) is 20.9. The third-order valence-corrected chi connectivity index (χ3v) is 3.44. The van der Waals surface area contributed by atoms with Crippen molar-refractivity contribution in [1.82, 2.24) is 5.32 Å².